The summed E-state index contributed by atoms with van der Waals surface area (Å²) in [7, 11) is 0. The van der Waals surface area contributed by atoms with Crippen LogP contribution in [0.5, 0.6) is 0 Å². The molecule has 0 spiro atoms. The maximum atomic E-state index is 12.6. The molecule has 1 fully saturated rings. The topological polar surface area (TPSA) is 78.1 Å². The number of likely N-dealkylation sites (tertiary alicyclic amines) is 1. The van der Waals surface area contributed by atoms with Gasteiger partial charge in [-0.3, -0.25) is 9.59 Å². The van der Waals surface area contributed by atoms with Crippen molar-refractivity contribution in [3.05, 3.63) is 47.1 Å². The number of amides is 2. The molecule has 0 unspecified atom stereocenters. The van der Waals surface area contributed by atoms with Crippen LogP contribution in [-0.4, -0.2) is 39.8 Å². The fourth-order valence-electron chi connectivity index (χ4n) is 2.85. The number of fused-ring (bicyclic) bond motifs is 1. The minimum Gasteiger partial charge on any atom is -0.360 e. The molecule has 6 nitrogen and oxygen atoms in total. The first-order valence-electron chi connectivity index (χ1n) is 7.70. The highest BCUT2D eigenvalue weighted by Gasteiger charge is 2.36. The third-order valence-corrected chi connectivity index (χ3v) is 5.08. The highest BCUT2D eigenvalue weighted by atomic mass is 32.1. The van der Waals surface area contributed by atoms with Gasteiger partial charge in [-0.2, -0.15) is 0 Å². The number of benzene rings is 1. The monoisotopic (exact) mass is 340 g/mol. The number of nitrogens with one attached hydrogen (secondary N) is 2. The van der Waals surface area contributed by atoms with Crippen LogP contribution in [0.25, 0.3) is 10.9 Å². The van der Waals surface area contributed by atoms with Gasteiger partial charge in [-0.15, -0.1) is 11.3 Å². The zero-order chi connectivity index (χ0) is 16.7. The van der Waals surface area contributed by atoms with E-state index in [1.807, 2.05) is 36.6 Å². The molecule has 3 aromatic rings. The van der Waals surface area contributed by atoms with Crippen molar-refractivity contribution in [2.75, 3.05) is 18.4 Å². The summed E-state index contributed by atoms with van der Waals surface area (Å²) in [6.07, 6.45) is 1.73. The lowest BCUT2D eigenvalue weighted by molar-refractivity contribution is -0.123. The number of thiazole rings is 1. The number of aromatic amines is 1. The van der Waals surface area contributed by atoms with E-state index in [0.717, 1.165) is 16.6 Å². The Balaban J connectivity index is 1.40. The van der Waals surface area contributed by atoms with Crippen LogP contribution in [0.3, 0.4) is 0 Å². The highest BCUT2D eigenvalue weighted by Crippen LogP contribution is 2.25. The summed E-state index contributed by atoms with van der Waals surface area (Å²) in [4.78, 5) is 33.8. The van der Waals surface area contributed by atoms with Crippen molar-refractivity contribution in [1.29, 1.82) is 0 Å². The second-order valence-electron chi connectivity index (χ2n) is 5.94. The largest absolute Gasteiger partial charge is 0.360 e. The summed E-state index contributed by atoms with van der Waals surface area (Å²) in [5, 5.41) is 6.23. The fourth-order valence-corrected chi connectivity index (χ4v) is 3.54. The zero-order valence-electron chi connectivity index (χ0n) is 13.1. The van der Waals surface area contributed by atoms with E-state index >= 15 is 0 Å². The van der Waals surface area contributed by atoms with E-state index in [9.17, 15) is 9.59 Å². The Morgan fingerprint density at radius 2 is 2.12 bits per heavy atom. The molecule has 0 atom stereocenters. The molecule has 0 bridgehead atoms. The van der Waals surface area contributed by atoms with Gasteiger partial charge < -0.3 is 15.2 Å². The van der Waals surface area contributed by atoms with Crippen LogP contribution in [0.1, 0.15) is 16.1 Å². The second-order valence-corrected chi connectivity index (χ2v) is 6.80. The average molecular weight is 340 g/mol. The molecule has 3 heterocycles. The second kappa shape index (κ2) is 5.76. The van der Waals surface area contributed by atoms with Crippen molar-refractivity contribution >= 4 is 39.2 Å². The molecule has 1 aliphatic rings. The van der Waals surface area contributed by atoms with Crippen molar-refractivity contribution in [3.63, 3.8) is 0 Å². The Labute approximate surface area is 142 Å². The molecule has 2 amide bonds. The standard InChI is InChI=1S/C17H16N4O2S/c1-10-9-24-17(19-10)20-15(22)11-7-21(8-11)16(23)13-6-18-14-5-3-2-4-12(13)14/h2-6,9,11,18H,7-8H2,1H3,(H,19,20,22). The number of hydrogen-bond acceptors (Lipinski definition) is 4. The van der Waals surface area contributed by atoms with E-state index in [1.165, 1.54) is 11.3 Å². The van der Waals surface area contributed by atoms with Crippen molar-refractivity contribution < 1.29 is 9.59 Å². The first-order valence-corrected chi connectivity index (χ1v) is 8.58. The molecule has 0 radical (unpaired) electrons. The van der Waals surface area contributed by atoms with Crippen LogP contribution in [-0.2, 0) is 4.79 Å². The molecule has 0 aliphatic carbocycles. The molecule has 24 heavy (non-hydrogen) atoms. The third kappa shape index (κ3) is 2.56. The number of carbonyl (C=O) groups is 2. The van der Waals surface area contributed by atoms with E-state index < -0.39 is 0 Å². The minimum atomic E-state index is -0.177. The van der Waals surface area contributed by atoms with E-state index in [-0.39, 0.29) is 17.7 Å². The summed E-state index contributed by atoms with van der Waals surface area (Å²) in [5.74, 6) is -0.294. The number of carbonyl (C=O) groups excluding carboxylic acids is 2. The maximum Gasteiger partial charge on any atom is 0.256 e. The van der Waals surface area contributed by atoms with Crippen molar-refractivity contribution in [1.82, 2.24) is 14.9 Å². The van der Waals surface area contributed by atoms with E-state index in [2.05, 4.69) is 15.3 Å². The summed E-state index contributed by atoms with van der Waals surface area (Å²) in [6.45, 7) is 2.76. The number of aryl methyl sites for hydroxylation is 1. The van der Waals surface area contributed by atoms with Crippen molar-refractivity contribution in [2.24, 2.45) is 5.92 Å². The normalized spacial score (nSPS) is 14.6. The van der Waals surface area contributed by atoms with Crippen molar-refractivity contribution in [2.45, 2.75) is 6.92 Å². The fraction of sp³-hybridized carbons (Fsp3) is 0.235. The van der Waals surface area contributed by atoms with Crippen LogP contribution in [0.4, 0.5) is 5.13 Å². The summed E-state index contributed by atoms with van der Waals surface area (Å²) in [5.41, 5.74) is 2.48. The zero-order valence-corrected chi connectivity index (χ0v) is 13.9. The van der Waals surface area contributed by atoms with Gasteiger partial charge in [0.2, 0.25) is 5.91 Å². The van der Waals surface area contributed by atoms with Crippen molar-refractivity contribution in [3.8, 4) is 0 Å². The van der Waals surface area contributed by atoms with E-state index in [4.69, 9.17) is 0 Å². The Morgan fingerprint density at radius 3 is 2.88 bits per heavy atom. The minimum absolute atomic E-state index is 0.0402. The molecule has 1 aliphatic heterocycles. The lowest BCUT2D eigenvalue weighted by Crippen LogP contribution is -2.54. The van der Waals surface area contributed by atoms with Crippen LogP contribution < -0.4 is 5.32 Å². The Hall–Kier alpha value is -2.67. The SMILES string of the molecule is Cc1csc(NC(=O)C2CN(C(=O)c3c[nH]c4ccccc34)C2)n1. The van der Waals surface area contributed by atoms with Gasteiger partial charge in [-0.25, -0.2) is 4.98 Å². The predicted octanol–water partition coefficient (Wildman–Crippen LogP) is 2.64. The summed E-state index contributed by atoms with van der Waals surface area (Å²) >= 11 is 1.41. The van der Waals surface area contributed by atoms with Gasteiger partial charge >= 0.3 is 0 Å². The Kier molecular flexibility index (Phi) is 3.57. The molecule has 2 aromatic heterocycles. The number of rotatable bonds is 3. The number of H-pyrrole nitrogens is 1. The maximum absolute atomic E-state index is 12.6. The first-order chi connectivity index (χ1) is 11.6. The first kappa shape index (κ1) is 14.9. The van der Waals surface area contributed by atoms with Gasteiger partial charge in [0, 0.05) is 35.6 Å². The molecule has 4 rings (SSSR count). The number of anilines is 1. The molecular weight excluding hydrogens is 324 g/mol. The molecule has 7 heteroatoms. The molecule has 1 aromatic carbocycles. The molecule has 2 N–H and O–H groups in total. The summed E-state index contributed by atoms with van der Waals surface area (Å²) in [6, 6.07) is 7.70. The molecule has 0 saturated carbocycles. The van der Waals surface area contributed by atoms with E-state index in [0.29, 0.717) is 23.8 Å². The van der Waals surface area contributed by atoms with Gasteiger partial charge in [-0.1, -0.05) is 18.2 Å². The van der Waals surface area contributed by atoms with Crippen LogP contribution in [0.2, 0.25) is 0 Å². The van der Waals surface area contributed by atoms with E-state index in [1.54, 1.807) is 11.1 Å². The third-order valence-electron chi connectivity index (χ3n) is 4.21. The van der Waals surface area contributed by atoms with Gasteiger partial charge in [0.05, 0.1) is 17.2 Å². The van der Waals surface area contributed by atoms with Gasteiger partial charge in [0.1, 0.15) is 0 Å². The van der Waals surface area contributed by atoms with Crippen LogP contribution in [0.15, 0.2) is 35.8 Å². The molecular formula is C17H16N4O2S. The molecule has 1 saturated heterocycles. The number of para-hydroxylation sites is 1. The van der Waals surface area contributed by atoms with Crippen LogP contribution >= 0.6 is 11.3 Å². The van der Waals surface area contributed by atoms with Gasteiger partial charge in [-0.05, 0) is 13.0 Å². The average Bonchev–Trinajstić information content (AvgIpc) is 3.11. The highest BCUT2D eigenvalue weighted by molar-refractivity contribution is 7.13. The Bertz CT molecular complexity index is 923. The predicted molar refractivity (Wildman–Crippen MR) is 93.2 cm³/mol. The number of hydrogen-bond donors (Lipinski definition) is 2. The quantitative estimate of drug-likeness (QED) is 0.769. The summed E-state index contributed by atoms with van der Waals surface area (Å²) < 4.78 is 0. The van der Waals surface area contributed by atoms with Crippen LogP contribution in [0, 0.1) is 12.8 Å². The number of nitrogens with zero attached hydrogens (tertiary/aromatic N) is 2. The lowest BCUT2D eigenvalue weighted by atomic mass is 9.98. The Morgan fingerprint density at radius 1 is 1.33 bits per heavy atom. The van der Waals surface area contributed by atoms with Gasteiger partial charge in [0.25, 0.3) is 5.91 Å². The smallest absolute Gasteiger partial charge is 0.256 e. The number of aromatic nitrogens is 2. The molecule has 122 valence electrons. The lowest BCUT2D eigenvalue weighted by Gasteiger charge is -2.37. The van der Waals surface area contributed by atoms with Gasteiger partial charge in [0.15, 0.2) is 5.13 Å².